The average Bonchev–Trinajstić information content (AvgIpc) is 2.95. The summed E-state index contributed by atoms with van der Waals surface area (Å²) in [5, 5.41) is 1.05. The van der Waals surface area contributed by atoms with Crippen LogP contribution in [0, 0.1) is 0 Å². The second kappa shape index (κ2) is 4.96. The number of hydrogen-bond acceptors (Lipinski definition) is 4. The molecular weight excluding hydrogens is 350 g/mol. The first-order valence-electron chi connectivity index (χ1n) is 6.48. The van der Waals surface area contributed by atoms with Crippen molar-refractivity contribution in [1.29, 1.82) is 0 Å². The van der Waals surface area contributed by atoms with Crippen molar-refractivity contribution in [2.75, 3.05) is 0 Å². The Morgan fingerprint density at radius 3 is 2.95 bits per heavy atom. The number of hydrogen-bond donors (Lipinski definition) is 1. The molecule has 4 rings (SSSR count). The van der Waals surface area contributed by atoms with E-state index in [-0.39, 0.29) is 5.56 Å². The first kappa shape index (κ1) is 13.0. The van der Waals surface area contributed by atoms with Crippen LogP contribution in [-0.4, -0.2) is 15.0 Å². The van der Waals surface area contributed by atoms with Crippen LogP contribution in [0.4, 0.5) is 0 Å². The predicted octanol–water partition coefficient (Wildman–Crippen LogP) is 3.49. The summed E-state index contributed by atoms with van der Waals surface area (Å²) in [6.45, 7) is 0. The molecule has 21 heavy (non-hydrogen) atoms. The van der Waals surface area contributed by atoms with E-state index in [4.69, 9.17) is 0 Å². The Hall–Kier alpha value is -1.66. The number of benzene rings is 1. The van der Waals surface area contributed by atoms with E-state index < -0.39 is 0 Å². The third kappa shape index (κ3) is 2.18. The summed E-state index contributed by atoms with van der Waals surface area (Å²) < 4.78 is 0.829. The van der Waals surface area contributed by atoms with Crippen LogP contribution < -0.4 is 5.56 Å². The summed E-state index contributed by atoms with van der Waals surface area (Å²) in [6.07, 6.45) is 0. The zero-order valence-electron chi connectivity index (χ0n) is 10.9. The monoisotopic (exact) mass is 359 g/mol. The minimum absolute atomic E-state index is 0.0538. The van der Waals surface area contributed by atoms with Crippen molar-refractivity contribution in [3.05, 3.63) is 56.4 Å². The number of aromatic amines is 1. The molecule has 3 heterocycles. The van der Waals surface area contributed by atoms with Crippen LogP contribution in [0.2, 0.25) is 0 Å². The van der Waals surface area contributed by atoms with Gasteiger partial charge in [0.25, 0.3) is 5.56 Å². The third-order valence-electron chi connectivity index (χ3n) is 3.49. The van der Waals surface area contributed by atoms with Gasteiger partial charge in [-0.2, -0.15) is 11.8 Å². The Morgan fingerprint density at radius 2 is 2.05 bits per heavy atom. The number of H-pyrrole nitrogens is 1. The van der Waals surface area contributed by atoms with E-state index in [1.54, 1.807) is 11.8 Å². The number of thioether (sulfide) groups is 1. The molecule has 0 saturated heterocycles. The van der Waals surface area contributed by atoms with E-state index >= 15 is 0 Å². The van der Waals surface area contributed by atoms with Gasteiger partial charge in [-0.15, -0.1) is 0 Å². The highest BCUT2D eigenvalue weighted by Crippen LogP contribution is 2.30. The Kier molecular flexibility index (Phi) is 3.08. The number of fused-ring (bicyclic) bond motifs is 2. The van der Waals surface area contributed by atoms with Crippen LogP contribution >= 0.6 is 27.7 Å². The number of halogens is 1. The standard InChI is InChI=1S/C15H10BrN3OS/c16-10-5-8-3-1-2-4-11(8)17-13(10)14-18-12-7-21-6-9(12)15(20)19-14/h1-5H,6-7H2,(H,18,19,20). The van der Waals surface area contributed by atoms with Gasteiger partial charge in [0.15, 0.2) is 5.82 Å². The number of pyridine rings is 1. The lowest BCUT2D eigenvalue weighted by molar-refractivity contribution is 1.02. The van der Waals surface area contributed by atoms with Gasteiger partial charge in [-0.05, 0) is 28.1 Å². The summed E-state index contributed by atoms with van der Waals surface area (Å²) in [5.74, 6) is 2.06. The van der Waals surface area contributed by atoms with Gasteiger partial charge in [0.1, 0.15) is 5.69 Å². The lowest BCUT2D eigenvalue weighted by atomic mass is 10.2. The molecule has 6 heteroatoms. The second-order valence-electron chi connectivity index (χ2n) is 4.84. The van der Waals surface area contributed by atoms with E-state index in [1.807, 2.05) is 30.3 Å². The lowest BCUT2D eigenvalue weighted by Crippen LogP contribution is -2.15. The third-order valence-corrected chi connectivity index (χ3v) is 5.06. The van der Waals surface area contributed by atoms with Crippen LogP contribution in [0.3, 0.4) is 0 Å². The second-order valence-corrected chi connectivity index (χ2v) is 6.68. The van der Waals surface area contributed by atoms with Gasteiger partial charge in [-0.3, -0.25) is 4.79 Å². The summed E-state index contributed by atoms with van der Waals surface area (Å²) in [5.41, 5.74) is 3.17. The molecular formula is C15H10BrN3OS. The van der Waals surface area contributed by atoms with Crippen molar-refractivity contribution in [3.63, 3.8) is 0 Å². The first-order chi connectivity index (χ1) is 10.2. The van der Waals surface area contributed by atoms with Gasteiger partial charge < -0.3 is 4.98 Å². The highest BCUT2D eigenvalue weighted by atomic mass is 79.9. The SMILES string of the molecule is O=c1[nH]c(-c2nc3ccccc3cc2Br)nc2c1CSC2. The van der Waals surface area contributed by atoms with Gasteiger partial charge in [0, 0.05) is 26.9 Å². The summed E-state index contributed by atoms with van der Waals surface area (Å²) >= 11 is 5.24. The van der Waals surface area contributed by atoms with Crippen molar-refractivity contribution < 1.29 is 0 Å². The zero-order valence-corrected chi connectivity index (χ0v) is 13.3. The smallest absolute Gasteiger partial charge is 0.255 e. The summed E-state index contributed by atoms with van der Waals surface area (Å²) in [7, 11) is 0. The van der Waals surface area contributed by atoms with Gasteiger partial charge in [0.05, 0.1) is 11.2 Å². The van der Waals surface area contributed by atoms with Crippen molar-refractivity contribution in [3.8, 4) is 11.5 Å². The van der Waals surface area contributed by atoms with Crippen LogP contribution in [0.5, 0.6) is 0 Å². The largest absolute Gasteiger partial charge is 0.305 e. The fraction of sp³-hybridized carbons (Fsp3) is 0.133. The molecule has 1 N–H and O–H groups in total. The molecule has 0 spiro atoms. The molecule has 2 aromatic heterocycles. The van der Waals surface area contributed by atoms with E-state index in [0.717, 1.165) is 38.1 Å². The quantitative estimate of drug-likeness (QED) is 0.722. The molecule has 104 valence electrons. The van der Waals surface area contributed by atoms with Gasteiger partial charge >= 0.3 is 0 Å². The average molecular weight is 360 g/mol. The van der Waals surface area contributed by atoms with Crippen LogP contribution in [-0.2, 0) is 11.5 Å². The molecule has 0 unspecified atom stereocenters. The maximum Gasteiger partial charge on any atom is 0.255 e. The Balaban J connectivity index is 1.96. The molecule has 1 aliphatic rings. The van der Waals surface area contributed by atoms with E-state index in [1.165, 1.54) is 0 Å². The van der Waals surface area contributed by atoms with Crippen LogP contribution in [0.15, 0.2) is 39.6 Å². The number of aromatic nitrogens is 3. The molecule has 0 aliphatic carbocycles. The molecule has 0 amide bonds. The number of nitrogens with one attached hydrogen (secondary N) is 1. The molecule has 1 aliphatic heterocycles. The topological polar surface area (TPSA) is 58.6 Å². The molecule has 0 saturated carbocycles. The zero-order chi connectivity index (χ0) is 14.4. The summed E-state index contributed by atoms with van der Waals surface area (Å²) in [4.78, 5) is 24.2. The van der Waals surface area contributed by atoms with Crippen molar-refractivity contribution >= 4 is 38.6 Å². The van der Waals surface area contributed by atoms with E-state index in [0.29, 0.717) is 11.5 Å². The van der Waals surface area contributed by atoms with Crippen LogP contribution in [0.25, 0.3) is 22.4 Å². The van der Waals surface area contributed by atoms with Crippen molar-refractivity contribution in [2.45, 2.75) is 11.5 Å². The first-order valence-corrected chi connectivity index (χ1v) is 8.42. The molecule has 1 aromatic carbocycles. The summed E-state index contributed by atoms with van der Waals surface area (Å²) in [6, 6.07) is 9.88. The molecule has 0 atom stereocenters. The highest BCUT2D eigenvalue weighted by molar-refractivity contribution is 9.10. The molecule has 0 radical (unpaired) electrons. The van der Waals surface area contributed by atoms with E-state index in [9.17, 15) is 4.79 Å². The molecule has 0 bridgehead atoms. The fourth-order valence-corrected chi connectivity index (χ4v) is 3.99. The predicted molar refractivity (Wildman–Crippen MR) is 88.3 cm³/mol. The van der Waals surface area contributed by atoms with Crippen molar-refractivity contribution in [2.24, 2.45) is 0 Å². The number of rotatable bonds is 1. The Labute approximate surface area is 133 Å². The molecule has 0 fully saturated rings. The number of para-hydroxylation sites is 1. The van der Waals surface area contributed by atoms with Gasteiger partial charge in [0.2, 0.25) is 0 Å². The Bertz CT molecular complexity index is 922. The Morgan fingerprint density at radius 1 is 1.19 bits per heavy atom. The van der Waals surface area contributed by atoms with E-state index in [2.05, 4.69) is 30.9 Å². The highest BCUT2D eigenvalue weighted by Gasteiger charge is 2.19. The maximum absolute atomic E-state index is 12.1. The van der Waals surface area contributed by atoms with Crippen molar-refractivity contribution in [1.82, 2.24) is 15.0 Å². The lowest BCUT2D eigenvalue weighted by Gasteiger charge is -2.07. The normalized spacial score (nSPS) is 13.6. The number of nitrogens with zero attached hydrogens (tertiary/aromatic N) is 2. The molecule has 3 aromatic rings. The molecule has 4 nitrogen and oxygen atoms in total. The van der Waals surface area contributed by atoms with Gasteiger partial charge in [-0.25, -0.2) is 9.97 Å². The minimum Gasteiger partial charge on any atom is -0.305 e. The van der Waals surface area contributed by atoms with Gasteiger partial charge in [-0.1, -0.05) is 18.2 Å². The fourth-order valence-electron chi connectivity index (χ4n) is 2.43. The minimum atomic E-state index is -0.0538. The van der Waals surface area contributed by atoms with Crippen LogP contribution in [0.1, 0.15) is 11.3 Å². The maximum atomic E-state index is 12.1.